The van der Waals surface area contributed by atoms with Crippen LogP contribution in [-0.2, 0) is 0 Å². The Morgan fingerprint density at radius 1 is 0.720 bits per heavy atom. The van der Waals surface area contributed by atoms with Crippen molar-refractivity contribution < 1.29 is 0 Å². The molecule has 130 valence electrons. The summed E-state index contributed by atoms with van der Waals surface area (Å²) in [6, 6.07) is 19.0. The van der Waals surface area contributed by atoms with E-state index in [1.807, 2.05) is 0 Å². The Hall–Kier alpha value is -1.64. The number of benzene rings is 2. The van der Waals surface area contributed by atoms with Crippen LogP contribution in [0.1, 0.15) is 54.0 Å². The lowest BCUT2D eigenvalue weighted by Gasteiger charge is -2.39. The summed E-state index contributed by atoms with van der Waals surface area (Å²) in [5, 5.41) is 0. The molecule has 1 saturated carbocycles. The van der Waals surface area contributed by atoms with Crippen molar-refractivity contribution in [2.24, 2.45) is 5.41 Å². The van der Waals surface area contributed by atoms with E-state index < -0.39 is 0 Å². The number of rotatable bonds is 1. The summed E-state index contributed by atoms with van der Waals surface area (Å²) in [6.45, 7) is 9.54. The van der Waals surface area contributed by atoms with Crippen molar-refractivity contribution in [2.75, 3.05) is 33.2 Å². The van der Waals surface area contributed by atoms with Crippen molar-refractivity contribution in [3.05, 3.63) is 70.8 Å². The highest BCUT2D eigenvalue weighted by atomic mass is 15.3. The number of nitrogens with zero attached hydrogens (tertiary/aromatic N) is 2. The molecule has 3 aliphatic rings. The zero-order chi connectivity index (χ0) is 17.2. The van der Waals surface area contributed by atoms with Gasteiger partial charge in [-0.05, 0) is 46.6 Å². The molecule has 2 fully saturated rings. The van der Waals surface area contributed by atoms with Crippen LogP contribution in [0.3, 0.4) is 0 Å². The van der Waals surface area contributed by atoms with Gasteiger partial charge in [0.05, 0.1) is 6.04 Å². The largest absolute Gasteiger partial charge is 0.304 e. The van der Waals surface area contributed by atoms with Gasteiger partial charge in [-0.3, -0.25) is 4.90 Å². The minimum absolute atomic E-state index is 0.374. The van der Waals surface area contributed by atoms with E-state index >= 15 is 0 Å². The SMILES string of the molecule is CN1CCN(C2c3ccccc3[C@@H]3[C@H](c4ccccc42)C3(C)C)CC1. The predicted octanol–water partition coefficient (Wildman–Crippen LogP) is 4.24. The molecule has 2 aromatic carbocycles. The van der Waals surface area contributed by atoms with Crippen molar-refractivity contribution >= 4 is 0 Å². The van der Waals surface area contributed by atoms with E-state index in [9.17, 15) is 0 Å². The van der Waals surface area contributed by atoms with Gasteiger partial charge in [0.25, 0.3) is 0 Å². The fourth-order valence-corrected chi connectivity index (χ4v) is 5.53. The Morgan fingerprint density at radius 3 is 1.64 bits per heavy atom. The van der Waals surface area contributed by atoms with Gasteiger partial charge in [-0.25, -0.2) is 0 Å². The molecule has 2 aliphatic carbocycles. The van der Waals surface area contributed by atoms with Crippen LogP contribution in [0.25, 0.3) is 0 Å². The zero-order valence-electron chi connectivity index (χ0n) is 15.6. The summed E-state index contributed by atoms with van der Waals surface area (Å²) in [7, 11) is 2.24. The minimum atomic E-state index is 0.374. The quantitative estimate of drug-likeness (QED) is 0.770. The highest BCUT2D eigenvalue weighted by Gasteiger charge is 2.61. The molecule has 1 unspecified atom stereocenters. The van der Waals surface area contributed by atoms with Crippen LogP contribution in [0.5, 0.6) is 0 Å². The number of hydrogen-bond donors (Lipinski definition) is 0. The highest BCUT2D eigenvalue weighted by Crippen LogP contribution is 2.72. The molecule has 0 spiro atoms. The van der Waals surface area contributed by atoms with Gasteiger partial charge in [-0.2, -0.15) is 0 Å². The fraction of sp³-hybridized carbons (Fsp3) is 0.478. The topological polar surface area (TPSA) is 6.48 Å². The second-order valence-electron chi connectivity index (χ2n) is 8.78. The molecular formula is C23H28N2. The lowest BCUT2D eigenvalue weighted by molar-refractivity contribution is 0.126. The van der Waals surface area contributed by atoms with E-state index in [-0.39, 0.29) is 0 Å². The molecule has 1 heterocycles. The standard InChI is InChI=1S/C23H28N2/c1-23(2)20-16-8-4-6-10-18(16)22(25-14-12-24(3)13-15-25)19-11-7-5-9-17(19)21(20)23/h4-11,20-22H,12-15H2,1-3H3/t20-,21+,22?. The zero-order valence-corrected chi connectivity index (χ0v) is 15.6. The lowest BCUT2D eigenvalue weighted by Crippen LogP contribution is -2.46. The van der Waals surface area contributed by atoms with Crippen molar-refractivity contribution in [3.8, 4) is 0 Å². The van der Waals surface area contributed by atoms with Crippen LogP contribution in [0.15, 0.2) is 48.5 Å². The van der Waals surface area contributed by atoms with Gasteiger partial charge < -0.3 is 4.90 Å². The van der Waals surface area contributed by atoms with E-state index in [4.69, 9.17) is 0 Å². The van der Waals surface area contributed by atoms with E-state index in [1.165, 1.54) is 13.1 Å². The molecule has 0 aromatic heterocycles. The normalized spacial score (nSPS) is 30.8. The Labute approximate surface area is 151 Å². The molecule has 5 rings (SSSR count). The number of likely N-dealkylation sites (N-methyl/N-ethyl adjacent to an activating group) is 1. The van der Waals surface area contributed by atoms with Crippen LogP contribution < -0.4 is 0 Å². The summed E-state index contributed by atoms with van der Waals surface area (Å²) in [5.74, 6) is 1.34. The third-order valence-corrected chi connectivity index (χ3v) is 6.98. The lowest BCUT2D eigenvalue weighted by atomic mass is 9.87. The van der Waals surface area contributed by atoms with Gasteiger partial charge in [-0.15, -0.1) is 0 Å². The second kappa shape index (κ2) is 5.43. The molecule has 25 heavy (non-hydrogen) atoms. The molecule has 0 radical (unpaired) electrons. The first kappa shape index (κ1) is 15.6. The summed E-state index contributed by atoms with van der Waals surface area (Å²) in [5.41, 5.74) is 6.67. The van der Waals surface area contributed by atoms with Crippen molar-refractivity contribution in [1.82, 2.24) is 9.80 Å². The summed E-state index contributed by atoms with van der Waals surface area (Å²) >= 11 is 0. The minimum Gasteiger partial charge on any atom is -0.304 e. The van der Waals surface area contributed by atoms with Gasteiger partial charge in [0.1, 0.15) is 0 Å². The average molecular weight is 332 g/mol. The van der Waals surface area contributed by atoms with Gasteiger partial charge in [0.15, 0.2) is 0 Å². The first-order valence-electron chi connectivity index (χ1n) is 9.69. The number of fused-ring (bicyclic) bond motifs is 5. The van der Waals surface area contributed by atoms with Crippen LogP contribution in [0.4, 0.5) is 0 Å². The first-order valence-corrected chi connectivity index (χ1v) is 9.69. The van der Waals surface area contributed by atoms with E-state index in [0.717, 1.165) is 13.1 Å². The smallest absolute Gasteiger partial charge is 0.0608 e. The van der Waals surface area contributed by atoms with Gasteiger partial charge >= 0.3 is 0 Å². The van der Waals surface area contributed by atoms with Gasteiger partial charge in [0.2, 0.25) is 0 Å². The van der Waals surface area contributed by atoms with Gasteiger partial charge in [0, 0.05) is 26.2 Å². The first-order chi connectivity index (χ1) is 12.1. The maximum atomic E-state index is 2.72. The highest BCUT2D eigenvalue weighted by molar-refractivity contribution is 5.55. The number of hydrogen-bond acceptors (Lipinski definition) is 2. The van der Waals surface area contributed by atoms with E-state index in [2.05, 4.69) is 79.2 Å². The fourth-order valence-electron chi connectivity index (χ4n) is 5.53. The molecular weight excluding hydrogens is 304 g/mol. The Bertz CT molecular complexity index is 746. The Morgan fingerprint density at radius 2 is 1.16 bits per heavy atom. The van der Waals surface area contributed by atoms with Crippen molar-refractivity contribution in [2.45, 2.75) is 31.7 Å². The third-order valence-electron chi connectivity index (χ3n) is 6.98. The molecule has 1 aliphatic heterocycles. The van der Waals surface area contributed by atoms with Crippen LogP contribution in [0, 0.1) is 5.41 Å². The summed E-state index contributed by atoms with van der Waals surface area (Å²) in [6.07, 6.45) is 0. The third kappa shape index (κ3) is 2.24. The predicted molar refractivity (Wildman–Crippen MR) is 103 cm³/mol. The van der Waals surface area contributed by atoms with Crippen LogP contribution >= 0.6 is 0 Å². The molecule has 0 N–H and O–H groups in total. The van der Waals surface area contributed by atoms with Crippen LogP contribution in [-0.4, -0.2) is 43.0 Å². The van der Waals surface area contributed by atoms with Crippen molar-refractivity contribution in [1.29, 1.82) is 0 Å². The molecule has 2 heteroatoms. The van der Waals surface area contributed by atoms with E-state index in [1.54, 1.807) is 22.3 Å². The number of piperazine rings is 1. The second-order valence-corrected chi connectivity index (χ2v) is 8.78. The van der Waals surface area contributed by atoms with Gasteiger partial charge in [-0.1, -0.05) is 62.4 Å². The maximum Gasteiger partial charge on any atom is 0.0608 e. The average Bonchev–Trinajstić information content (AvgIpc) is 3.23. The van der Waals surface area contributed by atoms with Crippen LogP contribution in [0.2, 0.25) is 0 Å². The molecule has 2 aromatic rings. The van der Waals surface area contributed by atoms with E-state index in [0.29, 0.717) is 23.3 Å². The molecule has 0 bridgehead atoms. The maximum absolute atomic E-state index is 2.72. The van der Waals surface area contributed by atoms with Crippen molar-refractivity contribution in [3.63, 3.8) is 0 Å². The Balaban J connectivity index is 1.69. The molecule has 0 amide bonds. The monoisotopic (exact) mass is 332 g/mol. The molecule has 3 atom stereocenters. The Kier molecular flexibility index (Phi) is 3.39. The molecule has 2 nitrogen and oxygen atoms in total. The summed E-state index contributed by atoms with van der Waals surface area (Å²) in [4.78, 5) is 5.17. The molecule has 1 saturated heterocycles. The summed E-state index contributed by atoms with van der Waals surface area (Å²) < 4.78 is 0.